The molecule has 0 unspecified atom stereocenters. The highest BCUT2D eigenvalue weighted by atomic mass is 79.9. The maximum Gasteiger partial charge on any atom is 0.275 e. The van der Waals surface area contributed by atoms with Gasteiger partial charge in [0.05, 0.1) is 23.1 Å². The van der Waals surface area contributed by atoms with Crippen LogP contribution in [-0.4, -0.2) is 22.4 Å². The van der Waals surface area contributed by atoms with Crippen molar-refractivity contribution in [3.63, 3.8) is 0 Å². The number of nitrogens with zero attached hydrogens (tertiary/aromatic N) is 2. The van der Waals surface area contributed by atoms with Crippen LogP contribution in [0.5, 0.6) is 0 Å². The molecule has 20 heavy (non-hydrogen) atoms. The Morgan fingerprint density at radius 3 is 2.80 bits per heavy atom. The summed E-state index contributed by atoms with van der Waals surface area (Å²) in [6.07, 6.45) is 2.93. The second kappa shape index (κ2) is 6.67. The number of benzene rings is 1. The summed E-state index contributed by atoms with van der Waals surface area (Å²) in [5, 5.41) is 6.16. The second-order valence-electron chi connectivity index (χ2n) is 3.90. The minimum Gasteiger partial charge on any atom is -0.369 e. The fourth-order valence-corrected chi connectivity index (χ4v) is 2.02. The van der Waals surface area contributed by atoms with Crippen LogP contribution >= 0.6 is 27.5 Å². The molecule has 2 aromatic rings. The zero-order chi connectivity index (χ0) is 14.5. The predicted octanol–water partition coefficient (Wildman–Crippen LogP) is 3.58. The molecule has 2 N–H and O–H groups in total. The normalized spacial score (nSPS) is 10.2. The van der Waals surface area contributed by atoms with E-state index in [0.717, 1.165) is 11.0 Å². The molecular formula is C13H12BrClN4O. The van der Waals surface area contributed by atoms with Gasteiger partial charge in [-0.25, -0.2) is 9.97 Å². The van der Waals surface area contributed by atoms with E-state index in [1.807, 2.05) is 6.92 Å². The molecule has 0 saturated heterocycles. The number of carbonyl (C=O) groups is 1. The molecule has 7 heteroatoms. The van der Waals surface area contributed by atoms with Crippen LogP contribution in [0.4, 0.5) is 11.5 Å². The van der Waals surface area contributed by atoms with Gasteiger partial charge in [0.15, 0.2) is 0 Å². The van der Waals surface area contributed by atoms with Crippen LogP contribution in [0.3, 0.4) is 0 Å². The highest BCUT2D eigenvalue weighted by Gasteiger charge is 2.10. The molecular weight excluding hydrogens is 344 g/mol. The standard InChI is InChI=1S/C13H12BrClN4O/c1-2-16-12-7-17-11(6-18-12)13(20)19-10-5-8(14)3-4-9(10)15/h3-7H,2H2,1H3,(H,16,18)(H,19,20). The molecule has 1 aromatic carbocycles. The molecule has 1 heterocycles. The molecule has 0 fully saturated rings. The molecule has 5 nitrogen and oxygen atoms in total. The Hall–Kier alpha value is -1.66. The van der Waals surface area contributed by atoms with Crippen LogP contribution in [0.15, 0.2) is 35.1 Å². The number of nitrogens with one attached hydrogen (secondary N) is 2. The number of amides is 1. The summed E-state index contributed by atoms with van der Waals surface area (Å²) in [7, 11) is 0. The fraction of sp³-hybridized carbons (Fsp3) is 0.154. The lowest BCUT2D eigenvalue weighted by Gasteiger charge is -2.07. The summed E-state index contributed by atoms with van der Waals surface area (Å²) in [6, 6.07) is 5.21. The molecule has 0 spiro atoms. The first-order valence-electron chi connectivity index (χ1n) is 5.92. The van der Waals surface area contributed by atoms with Gasteiger partial charge in [0.2, 0.25) is 0 Å². The average Bonchev–Trinajstić information content (AvgIpc) is 2.44. The molecule has 1 amide bonds. The lowest BCUT2D eigenvalue weighted by molar-refractivity contribution is 0.102. The number of hydrogen-bond acceptors (Lipinski definition) is 4. The average molecular weight is 356 g/mol. The zero-order valence-electron chi connectivity index (χ0n) is 10.7. The number of carbonyl (C=O) groups excluding carboxylic acids is 1. The summed E-state index contributed by atoms with van der Waals surface area (Å²) in [5.41, 5.74) is 0.742. The van der Waals surface area contributed by atoms with Gasteiger partial charge in [0.25, 0.3) is 5.91 Å². The topological polar surface area (TPSA) is 66.9 Å². The van der Waals surface area contributed by atoms with Crippen molar-refractivity contribution in [1.29, 1.82) is 0 Å². The van der Waals surface area contributed by atoms with Crippen LogP contribution in [0.2, 0.25) is 5.02 Å². The Morgan fingerprint density at radius 1 is 1.35 bits per heavy atom. The van der Waals surface area contributed by atoms with E-state index in [9.17, 15) is 4.79 Å². The van der Waals surface area contributed by atoms with Crippen LogP contribution in [-0.2, 0) is 0 Å². The SMILES string of the molecule is CCNc1cnc(C(=O)Nc2cc(Br)ccc2Cl)cn1. The zero-order valence-corrected chi connectivity index (χ0v) is 13.0. The quantitative estimate of drug-likeness (QED) is 0.880. The van der Waals surface area contributed by atoms with E-state index in [-0.39, 0.29) is 11.6 Å². The molecule has 1 aromatic heterocycles. The van der Waals surface area contributed by atoms with Crippen molar-refractivity contribution in [1.82, 2.24) is 9.97 Å². The first kappa shape index (κ1) is 14.7. The Morgan fingerprint density at radius 2 is 2.15 bits per heavy atom. The Bertz CT molecular complexity index is 618. The molecule has 0 radical (unpaired) electrons. The van der Waals surface area contributed by atoms with Crippen molar-refractivity contribution in [2.24, 2.45) is 0 Å². The van der Waals surface area contributed by atoms with E-state index in [0.29, 0.717) is 16.5 Å². The molecule has 0 aliphatic heterocycles. The third-order valence-electron chi connectivity index (χ3n) is 2.42. The molecule has 0 bridgehead atoms. The van der Waals surface area contributed by atoms with Gasteiger partial charge in [0, 0.05) is 11.0 Å². The number of aromatic nitrogens is 2. The van der Waals surface area contributed by atoms with E-state index < -0.39 is 0 Å². The van der Waals surface area contributed by atoms with Crippen LogP contribution in [0, 0.1) is 0 Å². The molecule has 0 aliphatic carbocycles. The van der Waals surface area contributed by atoms with Gasteiger partial charge in [-0.05, 0) is 25.1 Å². The maximum absolute atomic E-state index is 12.0. The van der Waals surface area contributed by atoms with Crippen molar-refractivity contribution in [3.05, 3.63) is 45.8 Å². The number of anilines is 2. The molecule has 0 atom stereocenters. The van der Waals surface area contributed by atoms with Crippen molar-refractivity contribution in [2.75, 3.05) is 17.2 Å². The van der Waals surface area contributed by atoms with Gasteiger partial charge in [-0.1, -0.05) is 27.5 Å². The first-order valence-corrected chi connectivity index (χ1v) is 7.09. The summed E-state index contributed by atoms with van der Waals surface area (Å²) in [5.74, 6) is 0.269. The maximum atomic E-state index is 12.0. The van der Waals surface area contributed by atoms with Crippen LogP contribution in [0.25, 0.3) is 0 Å². The number of hydrogen-bond donors (Lipinski definition) is 2. The Balaban J connectivity index is 2.13. The smallest absolute Gasteiger partial charge is 0.275 e. The van der Waals surface area contributed by atoms with E-state index in [2.05, 4.69) is 36.5 Å². The van der Waals surface area contributed by atoms with Crippen molar-refractivity contribution in [3.8, 4) is 0 Å². The van der Waals surface area contributed by atoms with Gasteiger partial charge in [-0.15, -0.1) is 0 Å². The summed E-state index contributed by atoms with van der Waals surface area (Å²) >= 11 is 9.34. The lowest BCUT2D eigenvalue weighted by Crippen LogP contribution is -2.14. The summed E-state index contributed by atoms with van der Waals surface area (Å²) < 4.78 is 0.825. The Labute approximate surface area is 129 Å². The summed E-state index contributed by atoms with van der Waals surface area (Å²) in [4.78, 5) is 20.2. The molecule has 0 saturated carbocycles. The Kier molecular flexibility index (Phi) is 4.92. The third-order valence-corrected chi connectivity index (χ3v) is 3.24. The van der Waals surface area contributed by atoms with E-state index in [1.165, 1.54) is 12.4 Å². The van der Waals surface area contributed by atoms with Gasteiger partial charge in [-0.2, -0.15) is 0 Å². The van der Waals surface area contributed by atoms with Crippen molar-refractivity contribution in [2.45, 2.75) is 6.92 Å². The highest BCUT2D eigenvalue weighted by Crippen LogP contribution is 2.25. The van der Waals surface area contributed by atoms with E-state index in [1.54, 1.807) is 18.2 Å². The minimum atomic E-state index is -0.361. The van der Waals surface area contributed by atoms with Crippen LogP contribution < -0.4 is 10.6 Å². The van der Waals surface area contributed by atoms with Crippen LogP contribution in [0.1, 0.15) is 17.4 Å². The van der Waals surface area contributed by atoms with Crippen molar-refractivity contribution >= 4 is 44.9 Å². The highest BCUT2D eigenvalue weighted by molar-refractivity contribution is 9.10. The molecule has 0 aliphatic rings. The lowest BCUT2D eigenvalue weighted by atomic mass is 10.3. The largest absolute Gasteiger partial charge is 0.369 e. The predicted molar refractivity (Wildman–Crippen MR) is 83.3 cm³/mol. The monoisotopic (exact) mass is 354 g/mol. The second-order valence-corrected chi connectivity index (χ2v) is 5.22. The van der Waals surface area contributed by atoms with E-state index in [4.69, 9.17) is 11.6 Å². The summed E-state index contributed by atoms with van der Waals surface area (Å²) in [6.45, 7) is 2.70. The minimum absolute atomic E-state index is 0.225. The van der Waals surface area contributed by atoms with Crippen molar-refractivity contribution < 1.29 is 4.79 Å². The first-order chi connectivity index (χ1) is 9.60. The molecule has 104 valence electrons. The van der Waals surface area contributed by atoms with Gasteiger partial charge >= 0.3 is 0 Å². The van der Waals surface area contributed by atoms with E-state index >= 15 is 0 Å². The number of halogens is 2. The fourth-order valence-electron chi connectivity index (χ4n) is 1.50. The van der Waals surface area contributed by atoms with Gasteiger partial charge < -0.3 is 10.6 Å². The number of rotatable bonds is 4. The third kappa shape index (κ3) is 3.68. The van der Waals surface area contributed by atoms with Gasteiger partial charge in [0.1, 0.15) is 11.5 Å². The van der Waals surface area contributed by atoms with Gasteiger partial charge in [-0.3, -0.25) is 4.79 Å². The molecule has 2 rings (SSSR count).